The summed E-state index contributed by atoms with van der Waals surface area (Å²) in [4.78, 5) is 0. The summed E-state index contributed by atoms with van der Waals surface area (Å²) in [7, 11) is 0. The largest absolute Gasteiger partial charge is 0.309 e. The first kappa shape index (κ1) is 11.1. The molecule has 1 aromatic rings. The molecule has 3 heteroatoms. The van der Waals surface area contributed by atoms with E-state index < -0.39 is 0 Å². The van der Waals surface area contributed by atoms with Crippen molar-refractivity contribution in [2.75, 3.05) is 0 Å². The number of halogens is 2. The molecule has 0 heterocycles. The molecule has 15 heavy (non-hydrogen) atoms. The van der Waals surface area contributed by atoms with Crippen LogP contribution in [0.15, 0.2) is 22.7 Å². The molecule has 0 amide bonds. The number of benzene rings is 1. The van der Waals surface area contributed by atoms with Gasteiger partial charge < -0.3 is 5.32 Å². The lowest BCUT2D eigenvalue weighted by molar-refractivity contribution is 0.540. The maximum Gasteiger partial charge on any atom is 0.124 e. The first-order valence-electron chi connectivity index (χ1n) is 5.16. The van der Waals surface area contributed by atoms with Crippen LogP contribution >= 0.6 is 15.9 Å². The molecule has 0 spiro atoms. The molecule has 0 saturated heterocycles. The summed E-state index contributed by atoms with van der Waals surface area (Å²) in [6.45, 7) is 5.22. The van der Waals surface area contributed by atoms with Crippen LogP contribution in [-0.4, -0.2) is 6.04 Å². The van der Waals surface area contributed by atoms with Crippen LogP contribution in [0.1, 0.15) is 25.8 Å². The minimum atomic E-state index is -0.184. The fraction of sp³-hybridized carbons (Fsp3) is 0.500. The standard InChI is InChI=1S/C12H15BrFN/c1-12(2)6-11(12)15-7-8-3-9(13)5-10(14)4-8/h3-5,11,15H,6-7H2,1-2H3. The Kier molecular flexibility index (Phi) is 2.86. The van der Waals surface area contributed by atoms with Crippen LogP contribution in [0.3, 0.4) is 0 Å². The summed E-state index contributed by atoms with van der Waals surface area (Å²) >= 11 is 3.29. The minimum Gasteiger partial charge on any atom is -0.309 e. The Morgan fingerprint density at radius 3 is 2.67 bits per heavy atom. The van der Waals surface area contributed by atoms with E-state index in [0.29, 0.717) is 11.5 Å². The van der Waals surface area contributed by atoms with Gasteiger partial charge in [0.05, 0.1) is 0 Å². The lowest BCUT2D eigenvalue weighted by Gasteiger charge is -2.07. The molecule has 0 bridgehead atoms. The predicted molar refractivity (Wildman–Crippen MR) is 63.1 cm³/mol. The SMILES string of the molecule is CC1(C)CC1NCc1cc(F)cc(Br)c1. The first-order chi connectivity index (χ1) is 6.97. The highest BCUT2D eigenvalue weighted by molar-refractivity contribution is 9.10. The molecule has 82 valence electrons. The van der Waals surface area contributed by atoms with Gasteiger partial charge in [0.25, 0.3) is 0 Å². The molecule has 0 aromatic heterocycles. The van der Waals surface area contributed by atoms with Crippen molar-refractivity contribution in [2.45, 2.75) is 32.9 Å². The van der Waals surface area contributed by atoms with E-state index in [1.807, 2.05) is 6.07 Å². The van der Waals surface area contributed by atoms with Crippen molar-refractivity contribution >= 4 is 15.9 Å². The van der Waals surface area contributed by atoms with Crippen LogP contribution in [0.25, 0.3) is 0 Å². The molecular weight excluding hydrogens is 257 g/mol. The highest BCUT2D eigenvalue weighted by Gasteiger charge is 2.44. The molecule has 0 aliphatic heterocycles. The van der Waals surface area contributed by atoms with Gasteiger partial charge in [-0.25, -0.2) is 4.39 Å². The van der Waals surface area contributed by atoms with Gasteiger partial charge in [0, 0.05) is 17.1 Å². The molecular formula is C12H15BrFN. The maximum absolute atomic E-state index is 13.1. The van der Waals surface area contributed by atoms with Crippen LogP contribution in [0.4, 0.5) is 4.39 Å². The second-order valence-corrected chi connectivity index (χ2v) is 5.82. The smallest absolute Gasteiger partial charge is 0.124 e. The molecule has 1 nitrogen and oxygen atoms in total. The molecule has 1 aliphatic carbocycles. The molecule has 1 aromatic carbocycles. The number of hydrogen-bond donors (Lipinski definition) is 1. The average Bonchev–Trinajstić information content (AvgIpc) is 2.69. The molecule has 1 saturated carbocycles. The Morgan fingerprint density at radius 2 is 2.13 bits per heavy atom. The fourth-order valence-corrected chi connectivity index (χ4v) is 2.28. The van der Waals surface area contributed by atoms with Crippen LogP contribution < -0.4 is 5.32 Å². The van der Waals surface area contributed by atoms with Crippen molar-refractivity contribution in [1.29, 1.82) is 0 Å². The van der Waals surface area contributed by atoms with Crippen molar-refractivity contribution in [2.24, 2.45) is 5.41 Å². The average molecular weight is 272 g/mol. The third-order valence-electron chi connectivity index (χ3n) is 2.99. The summed E-state index contributed by atoms with van der Waals surface area (Å²) in [5, 5.41) is 3.43. The predicted octanol–water partition coefficient (Wildman–Crippen LogP) is 3.48. The van der Waals surface area contributed by atoms with E-state index in [2.05, 4.69) is 35.1 Å². The van der Waals surface area contributed by atoms with E-state index in [9.17, 15) is 4.39 Å². The second-order valence-electron chi connectivity index (χ2n) is 4.90. The van der Waals surface area contributed by atoms with E-state index in [-0.39, 0.29) is 5.82 Å². The summed E-state index contributed by atoms with van der Waals surface area (Å²) in [6.07, 6.45) is 1.21. The van der Waals surface area contributed by atoms with Gasteiger partial charge in [0.2, 0.25) is 0 Å². The Labute approximate surface area is 98.2 Å². The lowest BCUT2D eigenvalue weighted by Crippen LogP contribution is -2.19. The minimum absolute atomic E-state index is 0.184. The maximum atomic E-state index is 13.1. The third kappa shape index (κ3) is 2.79. The summed E-state index contributed by atoms with van der Waals surface area (Å²) in [5.74, 6) is -0.184. The molecule has 1 atom stereocenters. The van der Waals surface area contributed by atoms with Gasteiger partial charge >= 0.3 is 0 Å². The van der Waals surface area contributed by atoms with Gasteiger partial charge in [-0.15, -0.1) is 0 Å². The van der Waals surface area contributed by atoms with E-state index in [0.717, 1.165) is 16.6 Å². The monoisotopic (exact) mass is 271 g/mol. The van der Waals surface area contributed by atoms with Crippen LogP contribution in [0.5, 0.6) is 0 Å². The van der Waals surface area contributed by atoms with Crippen molar-refractivity contribution in [3.05, 3.63) is 34.1 Å². The molecule has 1 unspecified atom stereocenters. The van der Waals surface area contributed by atoms with E-state index in [4.69, 9.17) is 0 Å². The Balaban J connectivity index is 1.94. The van der Waals surface area contributed by atoms with Crippen LogP contribution in [0.2, 0.25) is 0 Å². The van der Waals surface area contributed by atoms with Crippen LogP contribution in [-0.2, 0) is 6.54 Å². The van der Waals surface area contributed by atoms with E-state index >= 15 is 0 Å². The number of nitrogens with one attached hydrogen (secondary N) is 1. The number of hydrogen-bond acceptors (Lipinski definition) is 1. The topological polar surface area (TPSA) is 12.0 Å². The third-order valence-corrected chi connectivity index (χ3v) is 3.45. The molecule has 1 N–H and O–H groups in total. The molecule has 1 aliphatic rings. The summed E-state index contributed by atoms with van der Waals surface area (Å²) in [6, 6.07) is 5.59. The van der Waals surface area contributed by atoms with Gasteiger partial charge in [-0.05, 0) is 35.6 Å². The zero-order valence-corrected chi connectivity index (χ0v) is 10.6. The summed E-state index contributed by atoms with van der Waals surface area (Å²) in [5.41, 5.74) is 1.41. The lowest BCUT2D eigenvalue weighted by atomic mass is 10.2. The quantitative estimate of drug-likeness (QED) is 0.888. The van der Waals surface area contributed by atoms with Crippen molar-refractivity contribution < 1.29 is 4.39 Å². The van der Waals surface area contributed by atoms with Gasteiger partial charge in [-0.1, -0.05) is 29.8 Å². The van der Waals surface area contributed by atoms with Gasteiger partial charge in [0.1, 0.15) is 5.82 Å². The van der Waals surface area contributed by atoms with Gasteiger partial charge in [-0.3, -0.25) is 0 Å². The highest BCUT2D eigenvalue weighted by atomic mass is 79.9. The molecule has 2 rings (SSSR count). The Morgan fingerprint density at radius 1 is 1.47 bits per heavy atom. The first-order valence-corrected chi connectivity index (χ1v) is 5.95. The van der Waals surface area contributed by atoms with Crippen molar-refractivity contribution in [3.8, 4) is 0 Å². The normalized spacial score (nSPS) is 22.8. The molecule has 0 radical (unpaired) electrons. The zero-order valence-electron chi connectivity index (χ0n) is 8.98. The van der Waals surface area contributed by atoms with Crippen molar-refractivity contribution in [1.82, 2.24) is 5.32 Å². The van der Waals surface area contributed by atoms with E-state index in [1.54, 1.807) is 6.07 Å². The van der Waals surface area contributed by atoms with Crippen molar-refractivity contribution in [3.63, 3.8) is 0 Å². The van der Waals surface area contributed by atoms with Gasteiger partial charge in [-0.2, -0.15) is 0 Å². The summed E-state index contributed by atoms with van der Waals surface area (Å²) < 4.78 is 13.9. The number of rotatable bonds is 3. The molecule has 1 fully saturated rings. The Hall–Kier alpha value is -0.410. The highest BCUT2D eigenvalue weighted by Crippen LogP contribution is 2.44. The van der Waals surface area contributed by atoms with Crippen LogP contribution in [0, 0.1) is 11.2 Å². The van der Waals surface area contributed by atoms with Gasteiger partial charge in [0.15, 0.2) is 0 Å². The fourth-order valence-electron chi connectivity index (χ4n) is 1.77. The zero-order chi connectivity index (χ0) is 11.1. The van der Waals surface area contributed by atoms with E-state index in [1.165, 1.54) is 12.5 Å². The Bertz CT molecular complexity index is 356. The second kappa shape index (κ2) is 3.87.